The molecule has 10 nitrogen and oxygen atoms in total. The van der Waals surface area contributed by atoms with Gasteiger partial charge in [0.25, 0.3) is 0 Å². The fraction of sp³-hybridized carbons (Fsp3) is 0.524. The molecule has 3 aromatic rings. The molecule has 0 saturated heterocycles. The Morgan fingerprint density at radius 1 is 1.34 bits per heavy atom. The first-order valence-electron chi connectivity index (χ1n) is 10.9. The number of anilines is 2. The Bertz CT molecular complexity index is 1190. The van der Waals surface area contributed by atoms with Crippen molar-refractivity contribution < 1.29 is 31.8 Å². The van der Waals surface area contributed by atoms with Crippen molar-refractivity contribution in [2.45, 2.75) is 63.7 Å². The molecule has 35 heavy (non-hydrogen) atoms. The number of amides is 1. The summed E-state index contributed by atoms with van der Waals surface area (Å²) in [5.41, 5.74) is -0.580. The van der Waals surface area contributed by atoms with Gasteiger partial charge in [0.15, 0.2) is 11.5 Å². The number of hydrogen-bond acceptors (Lipinski definition) is 7. The Morgan fingerprint density at radius 3 is 2.80 bits per heavy atom. The van der Waals surface area contributed by atoms with E-state index >= 15 is 0 Å². The molecule has 190 valence electrons. The van der Waals surface area contributed by atoms with Crippen LogP contribution in [0.2, 0.25) is 0 Å². The van der Waals surface area contributed by atoms with Crippen LogP contribution in [0.15, 0.2) is 18.5 Å². The number of alkyl carbamates (subject to hydrolysis) is 1. The number of rotatable bonds is 7. The zero-order valence-electron chi connectivity index (χ0n) is 19.2. The Hall–Kier alpha value is -3.42. The average Bonchev–Trinajstić information content (AvgIpc) is 3.47. The fourth-order valence-electron chi connectivity index (χ4n) is 4.02. The number of alkyl halides is 4. The molecule has 1 saturated carbocycles. The molecule has 0 radical (unpaired) electrons. The molecule has 1 aliphatic carbocycles. The standard InChI is InChI=1S/C21H25F4N7O3/c1-10(2)27-20(33)35-15-5-4-12(17(15)22)14-6-16(31-30-14)29-19-26-7-13(21(23,24)25)18-28-11(9-34-3)8-32(18)19/h6-8,10,12,15,17H,4-5,9H2,1-3H3,(H,27,33)(H2,26,29,30,31)/t12-,15-,17+/m1/s1. The van der Waals surface area contributed by atoms with Crippen molar-refractivity contribution in [1.29, 1.82) is 0 Å². The second-order valence-electron chi connectivity index (χ2n) is 8.56. The highest BCUT2D eigenvalue weighted by molar-refractivity contribution is 5.67. The highest BCUT2D eigenvalue weighted by atomic mass is 19.4. The molecular weight excluding hydrogens is 474 g/mol. The summed E-state index contributed by atoms with van der Waals surface area (Å²) in [7, 11) is 1.41. The molecule has 3 atom stereocenters. The third-order valence-electron chi connectivity index (χ3n) is 5.54. The molecule has 3 N–H and O–H groups in total. The first-order valence-corrected chi connectivity index (χ1v) is 10.9. The van der Waals surface area contributed by atoms with Crippen molar-refractivity contribution in [3.05, 3.63) is 35.4 Å². The van der Waals surface area contributed by atoms with Crippen molar-refractivity contribution in [2.24, 2.45) is 0 Å². The maximum atomic E-state index is 15.0. The lowest BCUT2D eigenvalue weighted by Crippen LogP contribution is -2.36. The van der Waals surface area contributed by atoms with Gasteiger partial charge in [-0.1, -0.05) is 0 Å². The lowest BCUT2D eigenvalue weighted by atomic mass is 10.0. The number of halogens is 4. The summed E-state index contributed by atoms with van der Waals surface area (Å²) >= 11 is 0. The Morgan fingerprint density at radius 2 is 2.11 bits per heavy atom. The van der Waals surface area contributed by atoms with Gasteiger partial charge < -0.3 is 20.1 Å². The number of methoxy groups -OCH3 is 1. The van der Waals surface area contributed by atoms with Crippen LogP contribution in [-0.2, 0) is 22.3 Å². The SMILES string of the molecule is COCc1cn2c(Nc3cc([C@H]4CC[C@@H](OC(=O)NC(C)C)[C@H]4F)[nH]n3)ncc(C(F)(F)F)c2n1. The molecule has 1 aliphatic rings. The number of fused-ring (bicyclic) bond motifs is 1. The van der Waals surface area contributed by atoms with E-state index in [1.807, 2.05) is 0 Å². The summed E-state index contributed by atoms with van der Waals surface area (Å²) in [5, 5.41) is 12.3. The molecule has 0 aromatic carbocycles. The van der Waals surface area contributed by atoms with Crippen molar-refractivity contribution in [1.82, 2.24) is 29.9 Å². The lowest BCUT2D eigenvalue weighted by Gasteiger charge is -2.18. The summed E-state index contributed by atoms with van der Waals surface area (Å²) in [6, 6.07) is 1.41. The molecule has 14 heteroatoms. The van der Waals surface area contributed by atoms with E-state index in [1.54, 1.807) is 19.9 Å². The highest BCUT2D eigenvalue weighted by Crippen LogP contribution is 2.39. The summed E-state index contributed by atoms with van der Waals surface area (Å²) in [6.07, 6.45) is -4.81. The summed E-state index contributed by atoms with van der Waals surface area (Å²) in [5.74, 6) is -0.322. The predicted octanol–water partition coefficient (Wildman–Crippen LogP) is 4.08. The van der Waals surface area contributed by atoms with E-state index in [1.165, 1.54) is 13.3 Å². The minimum Gasteiger partial charge on any atom is -0.443 e. The third-order valence-corrected chi connectivity index (χ3v) is 5.54. The number of carbonyl (C=O) groups excluding carboxylic acids is 1. The Kier molecular flexibility index (Phi) is 6.83. The van der Waals surface area contributed by atoms with Gasteiger partial charge in [0, 0.05) is 43.2 Å². The average molecular weight is 499 g/mol. The fourth-order valence-corrected chi connectivity index (χ4v) is 4.02. The van der Waals surface area contributed by atoms with Gasteiger partial charge in [0.05, 0.1) is 12.3 Å². The summed E-state index contributed by atoms with van der Waals surface area (Å²) in [6.45, 7) is 3.56. The number of aromatic amines is 1. The van der Waals surface area contributed by atoms with Crippen LogP contribution in [0.1, 0.15) is 49.6 Å². The van der Waals surface area contributed by atoms with E-state index in [-0.39, 0.29) is 35.8 Å². The maximum absolute atomic E-state index is 15.0. The van der Waals surface area contributed by atoms with Crippen molar-refractivity contribution >= 4 is 23.5 Å². The molecule has 3 aromatic heterocycles. The van der Waals surface area contributed by atoms with Crippen LogP contribution < -0.4 is 10.6 Å². The quantitative estimate of drug-likeness (QED) is 0.419. The number of carbonyl (C=O) groups is 1. The van der Waals surface area contributed by atoms with Crippen LogP contribution in [0.4, 0.5) is 34.1 Å². The molecule has 0 bridgehead atoms. The predicted molar refractivity (Wildman–Crippen MR) is 116 cm³/mol. The number of nitrogens with zero attached hydrogens (tertiary/aromatic N) is 4. The zero-order chi connectivity index (χ0) is 25.3. The number of imidazole rings is 1. The van der Waals surface area contributed by atoms with Crippen LogP contribution in [0.3, 0.4) is 0 Å². The number of aromatic nitrogens is 5. The number of nitrogens with one attached hydrogen (secondary N) is 3. The lowest BCUT2D eigenvalue weighted by molar-refractivity contribution is -0.136. The number of ether oxygens (including phenoxy) is 2. The Labute approximate surface area is 197 Å². The van der Waals surface area contributed by atoms with Crippen LogP contribution in [0.25, 0.3) is 5.65 Å². The molecule has 1 fully saturated rings. The van der Waals surface area contributed by atoms with E-state index in [9.17, 15) is 22.4 Å². The monoisotopic (exact) mass is 499 g/mol. The summed E-state index contributed by atoms with van der Waals surface area (Å²) < 4.78 is 66.6. The molecule has 1 amide bonds. The first-order chi connectivity index (χ1) is 16.6. The van der Waals surface area contributed by atoms with Crippen molar-refractivity contribution in [2.75, 3.05) is 12.4 Å². The zero-order valence-corrected chi connectivity index (χ0v) is 19.2. The Balaban J connectivity index is 1.52. The first kappa shape index (κ1) is 24.7. The second-order valence-corrected chi connectivity index (χ2v) is 8.56. The molecular formula is C21H25F4N7O3. The van der Waals surface area contributed by atoms with E-state index < -0.39 is 36.0 Å². The van der Waals surface area contributed by atoms with Crippen LogP contribution in [0, 0.1) is 0 Å². The van der Waals surface area contributed by atoms with Crippen LogP contribution in [-0.4, -0.2) is 56.1 Å². The van der Waals surface area contributed by atoms with E-state index in [2.05, 4.69) is 30.8 Å². The van der Waals surface area contributed by atoms with Gasteiger partial charge in [-0.2, -0.15) is 18.3 Å². The van der Waals surface area contributed by atoms with E-state index in [0.29, 0.717) is 24.7 Å². The van der Waals surface area contributed by atoms with Gasteiger partial charge in [0.1, 0.15) is 17.8 Å². The van der Waals surface area contributed by atoms with Gasteiger partial charge in [-0.15, -0.1) is 0 Å². The topological polar surface area (TPSA) is 118 Å². The van der Waals surface area contributed by atoms with Gasteiger partial charge >= 0.3 is 12.3 Å². The minimum absolute atomic E-state index is 0.0168. The maximum Gasteiger partial charge on any atom is 0.421 e. The van der Waals surface area contributed by atoms with Crippen LogP contribution in [0.5, 0.6) is 0 Å². The largest absolute Gasteiger partial charge is 0.443 e. The highest BCUT2D eigenvalue weighted by Gasteiger charge is 2.41. The van der Waals surface area contributed by atoms with Crippen molar-refractivity contribution in [3.63, 3.8) is 0 Å². The van der Waals surface area contributed by atoms with Crippen molar-refractivity contribution in [3.8, 4) is 0 Å². The van der Waals surface area contributed by atoms with E-state index in [4.69, 9.17) is 9.47 Å². The molecule has 4 rings (SSSR count). The second kappa shape index (κ2) is 9.68. The number of hydrogen-bond donors (Lipinski definition) is 3. The smallest absolute Gasteiger partial charge is 0.421 e. The van der Waals surface area contributed by atoms with Gasteiger partial charge in [-0.25, -0.2) is 19.2 Å². The van der Waals surface area contributed by atoms with Gasteiger partial charge in [-0.05, 0) is 26.7 Å². The van der Waals surface area contributed by atoms with E-state index in [0.717, 1.165) is 4.40 Å². The molecule has 0 unspecified atom stereocenters. The molecule has 3 heterocycles. The molecule has 0 aliphatic heterocycles. The van der Waals surface area contributed by atoms with Crippen LogP contribution >= 0.6 is 0 Å². The van der Waals surface area contributed by atoms with Gasteiger partial charge in [-0.3, -0.25) is 9.50 Å². The molecule has 0 spiro atoms. The number of H-pyrrole nitrogens is 1. The third kappa shape index (κ3) is 5.31. The summed E-state index contributed by atoms with van der Waals surface area (Å²) in [4.78, 5) is 19.7. The minimum atomic E-state index is -4.65. The normalized spacial score (nSPS) is 20.5. The van der Waals surface area contributed by atoms with Gasteiger partial charge in [0.2, 0.25) is 5.95 Å².